The SMILES string of the molecule is O=C(COc1ccccc1F)NCCn1ccnc1-c1cnccn1. The number of ether oxygens (including phenoxy) is 1. The second-order valence-electron chi connectivity index (χ2n) is 5.10. The molecule has 0 saturated heterocycles. The van der Waals surface area contributed by atoms with E-state index in [2.05, 4.69) is 20.3 Å². The topological polar surface area (TPSA) is 81.9 Å². The maximum absolute atomic E-state index is 13.4. The number of rotatable bonds is 7. The number of aromatic nitrogens is 4. The van der Waals surface area contributed by atoms with Crippen LogP contribution in [0.2, 0.25) is 0 Å². The Morgan fingerprint density at radius 2 is 2.08 bits per heavy atom. The summed E-state index contributed by atoms with van der Waals surface area (Å²) in [6.45, 7) is 0.641. The maximum Gasteiger partial charge on any atom is 0.258 e. The summed E-state index contributed by atoms with van der Waals surface area (Å²) in [7, 11) is 0. The van der Waals surface area contributed by atoms with Crippen molar-refractivity contribution in [2.24, 2.45) is 0 Å². The minimum absolute atomic E-state index is 0.0530. The van der Waals surface area contributed by atoms with Crippen LogP contribution in [0, 0.1) is 5.82 Å². The molecule has 8 heteroatoms. The fourth-order valence-corrected chi connectivity index (χ4v) is 2.21. The molecule has 0 aliphatic heterocycles. The standard InChI is InChI=1S/C17H16FN5O2/c18-13-3-1-2-4-15(13)25-12-16(24)21-7-9-23-10-8-22-17(23)14-11-19-5-6-20-14/h1-6,8,10-11H,7,9,12H2,(H,21,24). The van der Waals surface area contributed by atoms with Crippen molar-refractivity contribution in [1.29, 1.82) is 0 Å². The van der Waals surface area contributed by atoms with Gasteiger partial charge >= 0.3 is 0 Å². The minimum Gasteiger partial charge on any atom is -0.481 e. The van der Waals surface area contributed by atoms with Gasteiger partial charge in [-0.15, -0.1) is 0 Å². The van der Waals surface area contributed by atoms with Crippen molar-refractivity contribution in [3.63, 3.8) is 0 Å². The molecule has 0 unspecified atom stereocenters. The maximum atomic E-state index is 13.4. The normalized spacial score (nSPS) is 10.4. The Labute approximate surface area is 143 Å². The van der Waals surface area contributed by atoms with Crippen molar-refractivity contribution in [1.82, 2.24) is 24.8 Å². The molecule has 1 N–H and O–H groups in total. The summed E-state index contributed by atoms with van der Waals surface area (Å²) in [6, 6.07) is 5.95. The van der Waals surface area contributed by atoms with Gasteiger partial charge in [0, 0.05) is 37.9 Å². The fourth-order valence-electron chi connectivity index (χ4n) is 2.21. The lowest BCUT2D eigenvalue weighted by Crippen LogP contribution is -2.31. The number of carbonyl (C=O) groups is 1. The number of nitrogens with zero attached hydrogens (tertiary/aromatic N) is 4. The molecule has 1 aromatic carbocycles. The van der Waals surface area contributed by atoms with Crippen LogP contribution in [0.3, 0.4) is 0 Å². The quantitative estimate of drug-likeness (QED) is 0.707. The largest absolute Gasteiger partial charge is 0.481 e. The molecule has 25 heavy (non-hydrogen) atoms. The Hall–Kier alpha value is -3.29. The van der Waals surface area contributed by atoms with Crippen molar-refractivity contribution in [2.45, 2.75) is 6.54 Å². The lowest BCUT2D eigenvalue weighted by atomic mass is 10.3. The molecule has 0 aliphatic rings. The third kappa shape index (κ3) is 4.37. The van der Waals surface area contributed by atoms with E-state index in [1.54, 1.807) is 43.1 Å². The number of halogens is 1. The molecule has 0 bridgehead atoms. The molecule has 0 aliphatic carbocycles. The Kier molecular flexibility index (Phi) is 5.30. The van der Waals surface area contributed by atoms with Crippen molar-refractivity contribution < 1.29 is 13.9 Å². The summed E-state index contributed by atoms with van der Waals surface area (Å²) < 4.78 is 20.4. The molecule has 2 aromatic heterocycles. The molecule has 7 nitrogen and oxygen atoms in total. The van der Waals surface area contributed by atoms with E-state index in [4.69, 9.17) is 4.74 Å². The molecule has 3 rings (SSSR count). The van der Waals surface area contributed by atoms with Gasteiger partial charge in [0.15, 0.2) is 24.0 Å². The highest BCUT2D eigenvalue weighted by Gasteiger charge is 2.09. The van der Waals surface area contributed by atoms with Crippen LogP contribution in [0.25, 0.3) is 11.5 Å². The number of amides is 1. The molecule has 0 saturated carbocycles. The third-order valence-corrected chi connectivity index (χ3v) is 3.38. The van der Waals surface area contributed by atoms with Crippen molar-refractivity contribution in [2.75, 3.05) is 13.2 Å². The second-order valence-corrected chi connectivity index (χ2v) is 5.10. The molecule has 3 aromatic rings. The zero-order valence-corrected chi connectivity index (χ0v) is 13.3. The van der Waals surface area contributed by atoms with E-state index in [-0.39, 0.29) is 18.3 Å². The van der Waals surface area contributed by atoms with Crippen LogP contribution in [0.5, 0.6) is 5.75 Å². The number of carbonyl (C=O) groups excluding carboxylic acids is 1. The zero-order valence-electron chi connectivity index (χ0n) is 13.3. The average Bonchev–Trinajstić information content (AvgIpc) is 3.10. The Balaban J connectivity index is 1.48. The van der Waals surface area contributed by atoms with Gasteiger partial charge in [0.1, 0.15) is 5.69 Å². The molecule has 0 radical (unpaired) electrons. The molecular formula is C17H16FN5O2. The van der Waals surface area contributed by atoms with Crippen LogP contribution < -0.4 is 10.1 Å². The molecular weight excluding hydrogens is 325 g/mol. The van der Waals surface area contributed by atoms with Gasteiger partial charge < -0.3 is 14.6 Å². The number of hydrogen-bond donors (Lipinski definition) is 1. The van der Waals surface area contributed by atoms with Crippen LogP contribution in [0.1, 0.15) is 0 Å². The van der Waals surface area contributed by atoms with Crippen molar-refractivity contribution in [3.05, 3.63) is 61.1 Å². The van der Waals surface area contributed by atoms with Crippen molar-refractivity contribution >= 4 is 5.91 Å². The molecule has 0 fully saturated rings. The summed E-state index contributed by atoms with van der Waals surface area (Å²) in [5.41, 5.74) is 0.654. The van der Waals surface area contributed by atoms with Crippen LogP contribution in [0.4, 0.5) is 4.39 Å². The van der Waals surface area contributed by atoms with E-state index in [0.29, 0.717) is 24.6 Å². The lowest BCUT2D eigenvalue weighted by Gasteiger charge is -2.10. The van der Waals surface area contributed by atoms with Crippen LogP contribution >= 0.6 is 0 Å². The van der Waals surface area contributed by atoms with Gasteiger partial charge in [-0.25, -0.2) is 14.4 Å². The summed E-state index contributed by atoms with van der Waals surface area (Å²) in [5, 5.41) is 2.72. The van der Waals surface area contributed by atoms with Gasteiger partial charge in [0.25, 0.3) is 5.91 Å². The first-order valence-electron chi connectivity index (χ1n) is 7.65. The third-order valence-electron chi connectivity index (χ3n) is 3.38. The monoisotopic (exact) mass is 341 g/mol. The smallest absolute Gasteiger partial charge is 0.258 e. The van der Waals surface area contributed by atoms with E-state index in [1.165, 1.54) is 12.1 Å². The number of nitrogens with one attached hydrogen (secondary N) is 1. The predicted molar refractivity (Wildman–Crippen MR) is 88.2 cm³/mol. The summed E-state index contributed by atoms with van der Waals surface area (Å²) in [6.07, 6.45) is 8.27. The highest BCUT2D eigenvalue weighted by atomic mass is 19.1. The van der Waals surface area contributed by atoms with E-state index in [1.807, 2.05) is 4.57 Å². The van der Waals surface area contributed by atoms with Crippen LogP contribution in [0.15, 0.2) is 55.2 Å². The minimum atomic E-state index is -0.498. The van der Waals surface area contributed by atoms with Crippen LogP contribution in [-0.2, 0) is 11.3 Å². The predicted octanol–water partition coefficient (Wildman–Crippen LogP) is 1.67. The highest BCUT2D eigenvalue weighted by Crippen LogP contribution is 2.15. The van der Waals surface area contributed by atoms with E-state index in [0.717, 1.165) is 0 Å². The second kappa shape index (κ2) is 8.00. The number of para-hydroxylation sites is 1. The molecule has 0 atom stereocenters. The lowest BCUT2D eigenvalue weighted by molar-refractivity contribution is -0.123. The number of imidazole rings is 1. The van der Waals surface area contributed by atoms with Gasteiger partial charge in [0.05, 0.1) is 6.20 Å². The number of hydrogen-bond acceptors (Lipinski definition) is 5. The van der Waals surface area contributed by atoms with Gasteiger partial charge in [-0.3, -0.25) is 9.78 Å². The molecule has 128 valence electrons. The van der Waals surface area contributed by atoms with Gasteiger partial charge in [-0.05, 0) is 12.1 Å². The van der Waals surface area contributed by atoms with Crippen molar-refractivity contribution in [3.8, 4) is 17.3 Å². The van der Waals surface area contributed by atoms with Gasteiger partial charge in [-0.1, -0.05) is 12.1 Å². The summed E-state index contributed by atoms with van der Waals surface area (Å²) in [4.78, 5) is 24.3. The number of benzene rings is 1. The Morgan fingerprint density at radius 1 is 1.20 bits per heavy atom. The zero-order chi connectivity index (χ0) is 17.5. The first-order chi connectivity index (χ1) is 12.2. The van der Waals surface area contributed by atoms with Crippen LogP contribution in [-0.4, -0.2) is 38.6 Å². The van der Waals surface area contributed by atoms with E-state index >= 15 is 0 Å². The summed E-state index contributed by atoms with van der Waals surface area (Å²) >= 11 is 0. The highest BCUT2D eigenvalue weighted by molar-refractivity contribution is 5.77. The van der Waals surface area contributed by atoms with E-state index in [9.17, 15) is 9.18 Å². The molecule has 1 amide bonds. The first kappa shape index (κ1) is 16.6. The average molecular weight is 341 g/mol. The summed E-state index contributed by atoms with van der Waals surface area (Å²) in [5.74, 6) is -0.103. The van der Waals surface area contributed by atoms with Gasteiger partial charge in [-0.2, -0.15) is 0 Å². The Bertz CT molecular complexity index is 838. The van der Waals surface area contributed by atoms with E-state index < -0.39 is 5.82 Å². The van der Waals surface area contributed by atoms with Gasteiger partial charge in [0.2, 0.25) is 0 Å². The first-order valence-corrected chi connectivity index (χ1v) is 7.65. The Morgan fingerprint density at radius 3 is 2.88 bits per heavy atom. The molecule has 2 heterocycles. The fraction of sp³-hybridized carbons (Fsp3) is 0.176. The molecule has 0 spiro atoms.